The molecule has 1 fully saturated rings. The van der Waals surface area contributed by atoms with Crippen molar-refractivity contribution < 1.29 is 4.79 Å². The summed E-state index contributed by atoms with van der Waals surface area (Å²) in [7, 11) is 2.07. The maximum atomic E-state index is 13.1. The lowest BCUT2D eigenvalue weighted by Gasteiger charge is -2.32. The Morgan fingerprint density at radius 1 is 1.35 bits per heavy atom. The number of anilines is 2. The highest BCUT2D eigenvalue weighted by atomic mass is 16.2. The van der Waals surface area contributed by atoms with E-state index >= 15 is 0 Å². The molecule has 5 heteroatoms. The minimum absolute atomic E-state index is 0.0228. The fourth-order valence-electron chi connectivity index (χ4n) is 4.42. The van der Waals surface area contributed by atoms with Crippen LogP contribution in [0.2, 0.25) is 0 Å². The third-order valence-corrected chi connectivity index (χ3v) is 5.77. The van der Waals surface area contributed by atoms with E-state index in [-0.39, 0.29) is 11.8 Å². The number of para-hydroxylation sites is 1. The Kier molecular flexibility index (Phi) is 2.50. The fourth-order valence-corrected chi connectivity index (χ4v) is 4.42. The smallest absolute Gasteiger partial charge is 0.256 e. The van der Waals surface area contributed by atoms with Crippen LogP contribution >= 0.6 is 0 Å². The molecular formula is C18H20N4O. The van der Waals surface area contributed by atoms with Crippen molar-refractivity contribution in [3.8, 4) is 0 Å². The topological polar surface area (TPSA) is 64.2 Å². The lowest BCUT2D eigenvalue weighted by Crippen LogP contribution is -2.33. The van der Waals surface area contributed by atoms with Gasteiger partial charge in [0.25, 0.3) is 5.91 Å². The SMILES string of the molecule is CN1CCC(C(=O)n2nc3c(c2N)C2CC2C3)c2ccccc21. The minimum Gasteiger partial charge on any atom is -0.383 e. The Morgan fingerprint density at radius 2 is 2.17 bits per heavy atom. The van der Waals surface area contributed by atoms with E-state index in [9.17, 15) is 4.79 Å². The number of carbonyl (C=O) groups is 1. The van der Waals surface area contributed by atoms with E-state index in [4.69, 9.17) is 5.73 Å². The number of nitrogen functional groups attached to an aromatic ring is 1. The van der Waals surface area contributed by atoms with Crippen LogP contribution in [0.4, 0.5) is 11.5 Å². The van der Waals surface area contributed by atoms with Gasteiger partial charge in [0.15, 0.2) is 0 Å². The van der Waals surface area contributed by atoms with Gasteiger partial charge in [-0.3, -0.25) is 4.79 Å². The van der Waals surface area contributed by atoms with Crippen LogP contribution in [0.15, 0.2) is 24.3 Å². The van der Waals surface area contributed by atoms with E-state index in [0.717, 1.165) is 47.8 Å². The number of hydrogen-bond acceptors (Lipinski definition) is 4. The van der Waals surface area contributed by atoms with Crippen molar-refractivity contribution in [1.29, 1.82) is 0 Å². The molecule has 5 rings (SSSR count). The molecular weight excluding hydrogens is 288 g/mol. The second kappa shape index (κ2) is 4.37. The van der Waals surface area contributed by atoms with Crippen LogP contribution in [0.5, 0.6) is 0 Å². The summed E-state index contributed by atoms with van der Waals surface area (Å²) in [6.07, 6.45) is 3.02. The predicted octanol–water partition coefficient (Wildman–Crippen LogP) is 2.39. The monoisotopic (exact) mass is 308 g/mol. The van der Waals surface area contributed by atoms with Crippen LogP contribution in [-0.2, 0) is 6.42 Å². The van der Waals surface area contributed by atoms with Gasteiger partial charge in [0.05, 0.1) is 11.6 Å². The quantitative estimate of drug-likeness (QED) is 0.878. The van der Waals surface area contributed by atoms with Gasteiger partial charge >= 0.3 is 0 Å². The number of hydrogen-bond donors (Lipinski definition) is 1. The lowest BCUT2D eigenvalue weighted by molar-refractivity contribution is 0.0857. The zero-order valence-corrected chi connectivity index (χ0v) is 13.2. The molecule has 1 aliphatic heterocycles. The van der Waals surface area contributed by atoms with E-state index in [2.05, 4.69) is 29.2 Å². The van der Waals surface area contributed by atoms with Gasteiger partial charge in [0.1, 0.15) is 5.82 Å². The summed E-state index contributed by atoms with van der Waals surface area (Å²) in [5, 5.41) is 4.57. The molecule has 23 heavy (non-hydrogen) atoms. The first-order valence-electron chi connectivity index (χ1n) is 8.36. The first-order valence-corrected chi connectivity index (χ1v) is 8.36. The van der Waals surface area contributed by atoms with Gasteiger partial charge < -0.3 is 10.6 Å². The van der Waals surface area contributed by atoms with Gasteiger partial charge in [0.2, 0.25) is 0 Å². The number of nitrogens with two attached hydrogens (primary N) is 1. The molecule has 3 aliphatic rings. The standard InChI is InChI=1S/C18H20N4O/c1-21-7-6-12(11-4-2-3-5-15(11)21)18(23)22-17(19)16-13-8-10(13)9-14(16)20-22/h2-5,10,12-13H,6-9,19H2,1H3. The van der Waals surface area contributed by atoms with Gasteiger partial charge in [-0.05, 0) is 42.7 Å². The molecule has 1 aromatic heterocycles. The third-order valence-electron chi connectivity index (χ3n) is 5.77. The fraction of sp³-hybridized carbons (Fsp3) is 0.444. The molecule has 0 bridgehead atoms. The number of carbonyl (C=O) groups excluding carboxylic acids is 1. The van der Waals surface area contributed by atoms with Gasteiger partial charge in [-0.2, -0.15) is 9.78 Å². The van der Waals surface area contributed by atoms with Crippen molar-refractivity contribution in [2.45, 2.75) is 31.1 Å². The van der Waals surface area contributed by atoms with E-state index in [1.165, 1.54) is 11.1 Å². The minimum atomic E-state index is -0.153. The molecule has 0 radical (unpaired) electrons. The zero-order chi connectivity index (χ0) is 15.7. The van der Waals surface area contributed by atoms with Gasteiger partial charge in [-0.25, -0.2) is 0 Å². The summed E-state index contributed by atoms with van der Waals surface area (Å²) in [6.45, 7) is 0.874. The Morgan fingerprint density at radius 3 is 3.00 bits per heavy atom. The molecule has 3 unspecified atom stereocenters. The number of benzene rings is 1. The van der Waals surface area contributed by atoms with Crippen LogP contribution in [-0.4, -0.2) is 29.3 Å². The maximum Gasteiger partial charge on any atom is 0.256 e. The molecule has 5 nitrogen and oxygen atoms in total. The van der Waals surface area contributed by atoms with Crippen LogP contribution in [0.1, 0.15) is 46.3 Å². The molecule has 0 saturated heterocycles. The molecule has 3 atom stereocenters. The molecule has 2 N–H and O–H groups in total. The van der Waals surface area contributed by atoms with Gasteiger partial charge in [-0.15, -0.1) is 0 Å². The molecule has 118 valence electrons. The summed E-state index contributed by atoms with van der Waals surface area (Å²) >= 11 is 0. The molecule has 0 spiro atoms. The van der Waals surface area contributed by atoms with Gasteiger partial charge in [0, 0.05) is 24.8 Å². The predicted molar refractivity (Wildman–Crippen MR) is 88.9 cm³/mol. The second-order valence-corrected chi connectivity index (χ2v) is 7.12. The maximum absolute atomic E-state index is 13.1. The molecule has 2 heterocycles. The largest absolute Gasteiger partial charge is 0.383 e. The third kappa shape index (κ3) is 1.73. The first-order chi connectivity index (χ1) is 11.1. The van der Waals surface area contributed by atoms with Crippen LogP contribution < -0.4 is 10.6 Å². The average Bonchev–Trinajstić information content (AvgIpc) is 3.10. The van der Waals surface area contributed by atoms with E-state index in [1.807, 2.05) is 12.1 Å². The zero-order valence-electron chi connectivity index (χ0n) is 13.2. The Bertz CT molecular complexity index is 824. The van der Waals surface area contributed by atoms with Crippen LogP contribution in [0.3, 0.4) is 0 Å². The normalized spacial score (nSPS) is 27.3. The Balaban J connectivity index is 1.55. The summed E-state index contributed by atoms with van der Waals surface area (Å²) < 4.78 is 1.49. The van der Waals surface area contributed by atoms with Crippen LogP contribution in [0, 0.1) is 5.92 Å². The van der Waals surface area contributed by atoms with Crippen molar-refractivity contribution in [2.24, 2.45) is 5.92 Å². The highest BCUT2D eigenvalue weighted by Crippen LogP contribution is 2.57. The number of fused-ring (bicyclic) bond motifs is 4. The van der Waals surface area contributed by atoms with E-state index in [0.29, 0.717) is 11.7 Å². The van der Waals surface area contributed by atoms with Crippen molar-refractivity contribution in [3.63, 3.8) is 0 Å². The second-order valence-electron chi connectivity index (χ2n) is 7.12. The van der Waals surface area contributed by atoms with Crippen molar-refractivity contribution in [3.05, 3.63) is 41.1 Å². The molecule has 1 saturated carbocycles. The number of rotatable bonds is 1. The van der Waals surface area contributed by atoms with E-state index in [1.54, 1.807) is 0 Å². The molecule has 2 aliphatic carbocycles. The number of aromatic nitrogens is 2. The summed E-state index contributed by atoms with van der Waals surface area (Å²) in [5.74, 6) is 1.76. The Hall–Kier alpha value is -2.30. The van der Waals surface area contributed by atoms with Crippen molar-refractivity contribution in [2.75, 3.05) is 24.2 Å². The number of nitrogens with zero attached hydrogens (tertiary/aromatic N) is 3. The Labute approximate surface area is 135 Å². The highest BCUT2D eigenvalue weighted by Gasteiger charge is 2.49. The highest BCUT2D eigenvalue weighted by molar-refractivity contribution is 5.90. The molecule has 1 aromatic carbocycles. The van der Waals surface area contributed by atoms with Crippen LogP contribution in [0.25, 0.3) is 0 Å². The van der Waals surface area contributed by atoms with Crippen molar-refractivity contribution in [1.82, 2.24) is 9.78 Å². The van der Waals surface area contributed by atoms with Crippen molar-refractivity contribution >= 4 is 17.4 Å². The average molecular weight is 308 g/mol. The summed E-state index contributed by atoms with van der Waals surface area (Å²) in [6, 6.07) is 8.15. The summed E-state index contributed by atoms with van der Waals surface area (Å²) in [5.41, 5.74) is 10.7. The lowest BCUT2D eigenvalue weighted by atomic mass is 9.89. The van der Waals surface area contributed by atoms with E-state index < -0.39 is 0 Å². The van der Waals surface area contributed by atoms with Gasteiger partial charge in [-0.1, -0.05) is 18.2 Å². The molecule has 2 aromatic rings. The summed E-state index contributed by atoms with van der Waals surface area (Å²) in [4.78, 5) is 15.3. The molecule has 0 amide bonds. The first kappa shape index (κ1) is 13.2.